The average Bonchev–Trinajstić information content (AvgIpc) is 2.21. The minimum Gasteiger partial charge on any atom is -0.271 e. The number of nitrogens with two attached hydrogens (primary N) is 1. The minimum absolute atomic E-state index is 0.184. The standard InChI is InChI=1S/C10H16FN3/c1-2-3-6-9(14-12)10-8(11)5-4-7-13-10/h4-5,7,9,14H,2-3,6,12H2,1H3. The fourth-order valence-corrected chi connectivity index (χ4v) is 1.36. The largest absolute Gasteiger partial charge is 0.271 e. The topological polar surface area (TPSA) is 50.9 Å². The maximum absolute atomic E-state index is 13.3. The summed E-state index contributed by atoms with van der Waals surface area (Å²) in [4.78, 5) is 3.98. The van der Waals surface area contributed by atoms with E-state index in [2.05, 4.69) is 17.3 Å². The molecule has 0 aliphatic carbocycles. The number of nitrogens with one attached hydrogen (secondary N) is 1. The van der Waals surface area contributed by atoms with E-state index in [1.165, 1.54) is 6.07 Å². The normalized spacial score (nSPS) is 12.8. The maximum atomic E-state index is 13.3. The lowest BCUT2D eigenvalue weighted by Crippen LogP contribution is -2.29. The number of hydrazine groups is 1. The third-order valence-corrected chi connectivity index (χ3v) is 2.16. The van der Waals surface area contributed by atoms with Crippen molar-refractivity contribution in [3.05, 3.63) is 29.8 Å². The number of aromatic nitrogens is 1. The second-order valence-electron chi connectivity index (χ2n) is 3.23. The second-order valence-corrected chi connectivity index (χ2v) is 3.23. The van der Waals surface area contributed by atoms with Crippen LogP contribution in [0.25, 0.3) is 0 Å². The van der Waals surface area contributed by atoms with Crippen LogP contribution in [0.3, 0.4) is 0 Å². The highest BCUT2D eigenvalue weighted by atomic mass is 19.1. The van der Waals surface area contributed by atoms with Gasteiger partial charge in [-0.1, -0.05) is 19.8 Å². The highest BCUT2D eigenvalue weighted by Crippen LogP contribution is 2.18. The van der Waals surface area contributed by atoms with Crippen molar-refractivity contribution in [2.24, 2.45) is 5.84 Å². The zero-order valence-corrected chi connectivity index (χ0v) is 8.33. The fourth-order valence-electron chi connectivity index (χ4n) is 1.36. The molecule has 0 spiro atoms. The summed E-state index contributed by atoms with van der Waals surface area (Å²) in [5.41, 5.74) is 3.00. The van der Waals surface area contributed by atoms with Crippen molar-refractivity contribution in [2.45, 2.75) is 32.2 Å². The van der Waals surface area contributed by atoms with E-state index < -0.39 is 0 Å². The molecule has 0 aliphatic heterocycles. The van der Waals surface area contributed by atoms with E-state index in [0.29, 0.717) is 5.69 Å². The van der Waals surface area contributed by atoms with Gasteiger partial charge in [0.15, 0.2) is 0 Å². The molecule has 0 saturated carbocycles. The lowest BCUT2D eigenvalue weighted by Gasteiger charge is -2.14. The predicted molar refractivity (Wildman–Crippen MR) is 53.8 cm³/mol. The summed E-state index contributed by atoms with van der Waals surface area (Å²) < 4.78 is 13.3. The smallest absolute Gasteiger partial charge is 0.146 e. The molecule has 3 N–H and O–H groups in total. The summed E-state index contributed by atoms with van der Waals surface area (Å²) in [6.07, 6.45) is 4.45. The molecule has 1 heterocycles. The average molecular weight is 197 g/mol. The van der Waals surface area contributed by atoms with Crippen LogP contribution < -0.4 is 11.3 Å². The molecule has 14 heavy (non-hydrogen) atoms. The summed E-state index contributed by atoms with van der Waals surface area (Å²) in [5, 5.41) is 0. The molecule has 0 fully saturated rings. The Morgan fingerprint density at radius 1 is 1.64 bits per heavy atom. The van der Waals surface area contributed by atoms with Crippen LogP contribution in [0, 0.1) is 5.82 Å². The number of hydrogen-bond acceptors (Lipinski definition) is 3. The Morgan fingerprint density at radius 3 is 3.00 bits per heavy atom. The Labute approximate surface area is 83.5 Å². The lowest BCUT2D eigenvalue weighted by molar-refractivity contribution is 0.457. The molecule has 1 unspecified atom stereocenters. The van der Waals surface area contributed by atoms with Gasteiger partial charge in [0.25, 0.3) is 0 Å². The molecular formula is C10H16FN3. The number of unbranched alkanes of at least 4 members (excludes halogenated alkanes) is 1. The van der Waals surface area contributed by atoms with E-state index in [1.54, 1.807) is 12.3 Å². The van der Waals surface area contributed by atoms with Gasteiger partial charge in [0.05, 0.1) is 11.7 Å². The predicted octanol–water partition coefficient (Wildman–Crippen LogP) is 1.92. The van der Waals surface area contributed by atoms with Crippen LogP contribution in [0.1, 0.15) is 37.9 Å². The Bertz CT molecular complexity index is 278. The molecule has 0 bridgehead atoms. The van der Waals surface area contributed by atoms with Crippen molar-refractivity contribution in [3.8, 4) is 0 Å². The number of halogens is 1. The van der Waals surface area contributed by atoms with Crippen LogP contribution in [0.15, 0.2) is 18.3 Å². The van der Waals surface area contributed by atoms with Gasteiger partial charge < -0.3 is 0 Å². The monoisotopic (exact) mass is 197 g/mol. The van der Waals surface area contributed by atoms with Gasteiger partial charge in [-0.15, -0.1) is 0 Å². The van der Waals surface area contributed by atoms with Gasteiger partial charge in [0, 0.05) is 6.20 Å². The molecule has 0 amide bonds. The highest BCUT2D eigenvalue weighted by molar-refractivity contribution is 5.11. The fraction of sp³-hybridized carbons (Fsp3) is 0.500. The van der Waals surface area contributed by atoms with Crippen molar-refractivity contribution in [1.29, 1.82) is 0 Å². The van der Waals surface area contributed by atoms with Crippen LogP contribution in [-0.4, -0.2) is 4.98 Å². The SMILES string of the molecule is CCCCC(NN)c1ncccc1F. The zero-order valence-electron chi connectivity index (χ0n) is 8.33. The molecule has 0 aromatic carbocycles. The van der Waals surface area contributed by atoms with Crippen molar-refractivity contribution < 1.29 is 4.39 Å². The summed E-state index contributed by atoms with van der Waals surface area (Å²) in [5.74, 6) is 5.06. The van der Waals surface area contributed by atoms with Crippen LogP contribution in [0.4, 0.5) is 4.39 Å². The van der Waals surface area contributed by atoms with Gasteiger partial charge >= 0.3 is 0 Å². The van der Waals surface area contributed by atoms with Crippen molar-refractivity contribution in [2.75, 3.05) is 0 Å². The summed E-state index contributed by atoms with van der Waals surface area (Å²) in [7, 11) is 0. The molecule has 78 valence electrons. The van der Waals surface area contributed by atoms with Crippen LogP contribution in [-0.2, 0) is 0 Å². The second kappa shape index (κ2) is 5.67. The van der Waals surface area contributed by atoms with Crippen LogP contribution in [0.5, 0.6) is 0 Å². The molecule has 3 nitrogen and oxygen atoms in total. The van der Waals surface area contributed by atoms with Gasteiger partial charge in [-0.25, -0.2) is 4.39 Å². The first-order valence-electron chi connectivity index (χ1n) is 4.86. The van der Waals surface area contributed by atoms with Crippen molar-refractivity contribution in [3.63, 3.8) is 0 Å². The molecule has 1 aromatic rings. The van der Waals surface area contributed by atoms with Gasteiger partial charge in [0.2, 0.25) is 0 Å². The molecule has 0 saturated heterocycles. The molecular weight excluding hydrogens is 181 g/mol. The Morgan fingerprint density at radius 2 is 2.43 bits per heavy atom. The molecule has 1 rings (SSSR count). The minimum atomic E-state index is -0.299. The van der Waals surface area contributed by atoms with Gasteiger partial charge in [0.1, 0.15) is 5.82 Å². The van der Waals surface area contributed by atoms with E-state index in [1.807, 2.05) is 0 Å². The van der Waals surface area contributed by atoms with Crippen LogP contribution >= 0.6 is 0 Å². The van der Waals surface area contributed by atoms with E-state index in [0.717, 1.165) is 19.3 Å². The molecule has 1 aromatic heterocycles. The Kier molecular flexibility index (Phi) is 4.49. The van der Waals surface area contributed by atoms with Crippen LogP contribution in [0.2, 0.25) is 0 Å². The number of pyridine rings is 1. The summed E-state index contributed by atoms with van der Waals surface area (Å²) in [6, 6.07) is 2.79. The van der Waals surface area contributed by atoms with E-state index in [4.69, 9.17) is 5.84 Å². The first-order chi connectivity index (χ1) is 6.79. The first kappa shape index (κ1) is 11.1. The highest BCUT2D eigenvalue weighted by Gasteiger charge is 2.14. The summed E-state index contributed by atoms with van der Waals surface area (Å²) >= 11 is 0. The van der Waals surface area contributed by atoms with E-state index in [9.17, 15) is 4.39 Å². The summed E-state index contributed by atoms with van der Waals surface area (Å²) in [6.45, 7) is 2.09. The molecule has 0 aliphatic rings. The number of nitrogens with zero attached hydrogens (tertiary/aromatic N) is 1. The quantitative estimate of drug-likeness (QED) is 0.560. The Balaban J connectivity index is 2.73. The molecule has 4 heteroatoms. The number of rotatable bonds is 5. The van der Waals surface area contributed by atoms with Gasteiger partial charge in [-0.05, 0) is 18.6 Å². The first-order valence-corrected chi connectivity index (χ1v) is 4.86. The zero-order chi connectivity index (χ0) is 10.4. The van der Waals surface area contributed by atoms with E-state index >= 15 is 0 Å². The lowest BCUT2D eigenvalue weighted by atomic mass is 10.1. The maximum Gasteiger partial charge on any atom is 0.146 e. The van der Waals surface area contributed by atoms with Crippen molar-refractivity contribution in [1.82, 2.24) is 10.4 Å². The molecule has 0 radical (unpaired) electrons. The van der Waals surface area contributed by atoms with E-state index in [-0.39, 0.29) is 11.9 Å². The molecule has 1 atom stereocenters. The van der Waals surface area contributed by atoms with Gasteiger partial charge in [-0.2, -0.15) is 0 Å². The third kappa shape index (κ3) is 2.75. The van der Waals surface area contributed by atoms with Gasteiger partial charge in [-0.3, -0.25) is 16.3 Å². The number of hydrogen-bond donors (Lipinski definition) is 2. The third-order valence-electron chi connectivity index (χ3n) is 2.16. The van der Waals surface area contributed by atoms with Crippen molar-refractivity contribution >= 4 is 0 Å². The Hall–Kier alpha value is -1.00.